The number of alkyl halides is 3. The second-order valence-corrected chi connectivity index (χ2v) is 3.81. The highest BCUT2D eigenvalue weighted by molar-refractivity contribution is 5.75. The minimum Gasteiger partial charge on any atom is -0.505 e. The van der Waals surface area contributed by atoms with Gasteiger partial charge in [-0.05, 0) is 24.3 Å². The van der Waals surface area contributed by atoms with E-state index in [0.717, 1.165) is 12.1 Å². The van der Waals surface area contributed by atoms with E-state index in [9.17, 15) is 23.1 Å². The number of phenolic OH excluding ortho intramolecular Hbond substituents is 1. The predicted octanol–water partition coefficient (Wildman–Crippen LogP) is 3.44. The van der Waals surface area contributed by atoms with E-state index in [4.69, 9.17) is 0 Å². The molecule has 0 amide bonds. The Labute approximate surface area is 111 Å². The third kappa shape index (κ3) is 2.67. The Kier molecular flexibility index (Phi) is 3.54. The van der Waals surface area contributed by atoms with Gasteiger partial charge in [-0.2, -0.15) is 18.2 Å². The zero-order chi connectivity index (χ0) is 14.8. The molecule has 4 nitrogen and oxygen atoms in total. The zero-order valence-electron chi connectivity index (χ0n) is 9.85. The first-order valence-corrected chi connectivity index (χ1v) is 5.37. The number of aromatic nitrogens is 1. The number of aromatic hydroxyl groups is 1. The van der Waals surface area contributed by atoms with Gasteiger partial charge in [0, 0.05) is 11.8 Å². The van der Waals surface area contributed by atoms with Gasteiger partial charge in [0.1, 0.15) is 5.69 Å². The summed E-state index contributed by atoms with van der Waals surface area (Å²) >= 11 is 0. The third-order valence-electron chi connectivity index (χ3n) is 2.55. The molecule has 0 aliphatic carbocycles. The first-order valence-electron chi connectivity index (χ1n) is 5.37. The fraction of sp³-hybridized carbons (Fsp3) is 0.0769. The van der Waals surface area contributed by atoms with E-state index >= 15 is 0 Å². The van der Waals surface area contributed by atoms with Crippen LogP contribution in [0.25, 0.3) is 11.3 Å². The topological polar surface area (TPSA) is 62.5 Å². The lowest BCUT2D eigenvalue weighted by Gasteiger charge is -2.08. The van der Waals surface area contributed by atoms with E-state index in [1.807, 2.05) is 0 Å². The van der Waals surface area contributed by atoms with Gasteiger partial charge in [0.2, 0.25) is 6.08 Å². The third-order valence-corrected chi connectivity index (χ3v) is 2.55. The van der Waals surface area contributed by atoms with Crippen LogP contribution in [0, 0.1) is 0 Å². The second-order valence-electron chi connectivity index (χ2n) is 3.81. The Bertz CT molecular complexity index is 675. The molecule has 0 saturated carbocycles. The standard InChI is InChI=1S/C13H7F3N2O2/c14-13(15,16)8-4-5-10(17-6-8)9-2-1-3-11(12(9)20)18-7-19/h1-6,20H. The summed E-state index contributed by atoms with van der Waals surface area (Å²) in [6.07, 6.45) is -2.53. The molecule has 0 bridgehead atoms. The molecule has 0 aliphatic heterocycles. The lowest BCUT2D eigenvalue weighted by Crippen LogP contribution is -2.05. The van der Waals surface area contributed by atoms with Gasteiger partial charge in [-0.25, -0.2) is 4.79 Å². The number of carbonyl (C=O) groups excluding carboxylic acids is 1. The molecule has 2 rings (SSSR count). The van der Waals surface area contributed by atoms with Crippen LogP contribution in [0.3, 0.4) is 0 Å². The maximum atomic E-state index is 12.4. The maximum Gasteiger partial charge on any atom is 0.417 e. The van der Waals surface area contributed by atoms with E-state index in [-0.39, 0.29) is 22.7 Å². The van der Waals surface area contributed by atoms with Crippen LogP contribution in [0.1, 0.15) is 5.56 Å². The number of nitrogens with zero attached hydrogens (tertiary/aromatic N) is 2. The highest BCUT2D eigenvalue weighted by Crippen LogP contribution is 2.37. The van der Waals surface area contributed by atoms with Crippen molar-refractivity contribution in [2.75, 3.05) is 0 Å². The van der Waals surface area contributed by atoms with Crippen LogP contribution in [0.15, 0.2) is 41.5 Å². The normalized spacial score (nSPS) is 10.9. The van der Waals surface area contributed by atoms with Crippen molar-refractivity contribution in [1.29, 1.82) is 0 Å². The highest BCUT2D eigenvalue weighted by atomic mass is 19.4. The number of aliphatic imine (C=N–C) groups is 1. The average molecular weight is 280 g/mol. The Balaban J connectivity index is 2.47. The molecule has 0 atom stereocenters. The first-order chi connectivity index (χ1) is 9.43. The molecule has 20 heavy (non-hydrogen) atoms. The van der Waals surface area contributed by atoms with Crippen molar-refractivity contribution < 1.29 is 23.1 Å². The van der Waals surface area contributed by atoms with Crippen molar-refractivity contribution in [3.8, 4) is 17.0 Å². The Morgan fingerprint density at radius 2 is 1.95 bits per heavy atom. The monoisotopic (exact) mass is 280 g/mol. The number of benzene rings is 1. The van der Waals surface area contributed by atoms with Crippen LogP contribution >= 0.6 is 0 Å². The molecule has 1 heterocycles. The lowest BCUT2D eigenvalue weighted by atomic mass is 10.1. The molecule has 102 valence electrons. The van der Waals surface area contributed by atoms with Crippen LogP contribution in [-0.2, 0) is 11.0 Å². The van der Waals surface area contributed by atoms with Crippen molar-refractivity contribution in [2.45, 2.75) is 6.18 Å². The van der Waals surface area contributed by atoms with E-state index in [2.05, 4.69) is 9.98 Å². The Morgan fingerprint density at radius 1 is 1.20 bits per heavy atom. The molecule has 1 N–H and O–H groups in total. The van der Waals surface area contributed by atoms with Gasteiger partial charge >= 0.3 is 6.18 Å². The number of halogens is 3. The fourth-order valence-electron chi connectivity index (χ4n) is 1.60. The van der Waals surface area contributed by atoms with Crippen molar-refractivity contribution in [1.82, 2.24) is 4.98 Å². The molecule has 0 spiro atoms. The average Bonchev–Trinajstić information content (AvgIpc) is 2.41. The summed E-state index contributed by atoms with van der Waals surface area (Å²) < 4.78 is 37.3. The summed E-state index contributed by atoms with van der Waals surface area (Å²) in [5, 5.41) is 9.87. The highest BCUT2D eigenvalue weighted by Gasteiger charge is 2.30. The summed E-state index contributed by atoms with van der Waals surface area (Å²) in [5.41, 5.74) is -0.601. The summed E-state index contributed by atoms with van der Waals surface area (Å²) in [5.74, 6) is -0.344. The molecule has 0 radical (unpaired) electrons. The molecule has 0 fully saturated rings. The van der Waals surface area contributed by atoms with E-state index < -0.39 is 11.7 Å². The summed E-state index contributed by atoms with van der Waals surface area (Å²) in [6.45, 7) is 0. The van der Waals surface area contributed by atoms with Crippen LogP contribution in [-0.4, -0.2) is 16.2 Å². The van der Waals surface area contributed by atoms with Gasteiger partial charge in [0.05, 0.1) is 11.3 Å². The van der Waals surface area contributed by atoms with Gasteiger partial charge in [0.25, 0.3) is 0 Å². The number of pyridine rings is 1. The number of hydrogen-bond acceptors (Lipinski definition) is 4. The van der Waals surface area contributed by atoms with Gasteiger partial charge < -0.3 is 5.11 Å². The first kappa shape index (κ1) is 13.8. The van der Waals surface area contributed by atoms with Crippen molar-refractivity contribution in [3.05, 3.63) is 42.1 Å². The SMILES string of the molecule is O=C=Nc1cccc(-c2ccc(C(F)(F)F)cn2)c1O. The summed E-state index contributed by atoms with van der Waals surface area (Å²) in [4.78, 5) is 17.1. The Morgan fingerprint density at radius 3 is 2.50 bits per heavy atom. The van der Waals surface area contributed by atoms with Gasteiger partial charge in [-0.15, -0.1) is 0 Å². The molecule has 0 saturated heterocycles. The van der Waals surface area contributed by atoms with Crippen molar-refractivity contribution in [3.63, 3.8) is 0 Å². The molecular weight excluding hydrogens is 273 g/mol. The number of isocyanates is 1. The van der Waals surface area contributed by atoms with Crippen molar-refractivity contribution in [2.24, 2.45) is 4.99 Å². The largest absolute Gasteiger partial charge is 0.505 e. The molecule has 1 aromatic carbocycles. The van der Waals surface area contributed by atoms with Crippen molar-refractivity contribution >= 4 is 11.8 Å². The number of rotatable bonds is 2. The molecule has 7 heteroatoms. The van der Waals surface area contributed by atoms with Crippen LogP contribution in [0.4, 0.5) is 18.9 Å². The van der Waals surface area contributed by atoms with E-state index in [1.165, 1.54) is 24.3 Å². The summed E-state index contributed by atoms with van der Waals surface area (Å²) in [7, 11) is 0. The van der Waals surface area contributed by atoms with Gasteiger partial charge in [-0.1, -0.05) is 6.07 Å². The van der Waals surface area contributed by atoms with E-state index in [0.29, 0.717) is 6.20 Å². The summed E-state index contributed by atoms with van der Waals surface area (Å²) in [6, 6.07) is 6.30. The number of phenols is 1. The molecule has 1 aromatic heterocycles. The van der Waals surface area contributed by atoms with Crippen LogP contribution in [0.5, 0.6) is 5.75 Å². The maximum absolute atomic E-state index is 12.4. The minimum absolute atomic E-state index is 0.0285. The predicted molar refractivity (Wildman–Crippen MR) is 64.1 cm³/mol. The van der Waals surface area contributed by atoms with E-state index in [1.54, 1.807) is 0 Å². The fourth-order valence-corrected chi connectivity index (χ4v) is 1.60. The molecule has 2 aromatic rings. The second kappa shape index (κ2) is 5.14. The quantitative estimate of drug-likeness (QED) is 0.677. The minimum atomic E-state index is -4.47. The number of hydrogen-bond donors (Lipinski definition) is 1. The zero-order valence-corrected chi connectivity index (χ0v) is 9.85. The van der Waals surface area contributed by atoms with Gasteiger partial charge in [0.15, 0.2) is 5.75 Å². The Hall–Kier alpha value is -2.66. The number of para-hydroxylation sites is 1. The smallest absolute Gasteiger partial charge is 0.417 e. The van der Waals surface area contributed by atoms with Gasteiger partial charge in [-0.3, -0.25) is 4.98 Å². The molecular formula is C13H7F3N2O2. The van der Waals surface area contributed by atoms with Crippen LogP contribution in [0.2, 0.25) is 0 Å². The van der Waals surface area contributed by atoms with Crippen LogP contribution < -0.4 is 0 Å². The molecule has 0 unspecified atom stereocenters. The molecule has 0 aliphatic rings. The lowest BCUT2D eigenvalue weighted by molar-refractivity contribution is -0.137.